The highest BCUT2D eigenvalue weighted by atomic mass is 32.2. The van der Waals surface area contributed by atoms with Crippen LogP contribution in [0.25, 0.3) is 10.9 Å². The highest BCUT2D eigenvalue weighted by molar-refractivity contribution is 8.00. The lowest BCUT2D eigenvalue weighted by Crippen LogP contribution is -2.64. The summed E-state index contributed by atoms with van der Waals surface area (Å²) in [5.74, 6) is -24.3. The number of fused-ring (bicyclic) bond motifs is 3. The van der Waals surface area contributed by atoms with Crippen LogP contribution in [0.15, 0.2) is 152 Å². The molecule has 15 N–H and O–H groups in total. The van der Waals surface area contributed by atoms with Gasteiger partial charge >= 0.3 is 5.97 Å². The second-order valence-electron chi connectivity index (χ2n) is 34.8. The predicted molar refractivity (Wildman–Crippen MR) is 501 cm³/mol. The number of phenolic OH excluding ortho intramolecular Hbond substituents is 1. The number of primary amides is 1. The maximum Gasteiger partial charge on any atom is 0.305 e. The minimum absolute atomic E-state index is 0.138. The Balaban J connectivity index is 1.07. The van der Waals surface area contributed by atoms with E-state index >= 15 is 61.5 Å². The van der Waals surface area contributed by atoms with Gasteiger partial charge in [0.25, 0.3) is 0 Å². The van der Waals surface area contributed by atoms with E-state index in [1.54, 1.807) is 122 Å². The Morgan fingerprint density at radius 1 is 0.554 bits per heavy atom. The molecule has 0 unspecified atom stereocenters. The van der Waals surface area contributed by atoms with Crippen LogP contribution in [0.5, 0.6) is 11.5 Å². The number of methoxy groups -OCH3 is 2. The molecular formula is C97H119F3N16O22S. The third-order valence-corrected chi connectivity index (χ3v) is 25.5. The van der Waals surface area contributed by atoms with Gasteiger partial charge in [-0.1, -0.05) is 137 Å². The molecule has 139 heavy (non-hydrogen) atoms. The third-order valence-electron chi connectivity index (χ3n) is 24.4. The third kappa shape index (κ3) is 29.5. The maximum atomic E-state index is 15.9. The van der Waals surface area contributed by atoms with Crippen LogP contribution in [0.3, 0.4) is 0 Å². The molecule has 42 heteroatoms. The number of thioether (sulfide) groups is 1. The van der Waals surface area contributed by atoms with Crippen molar-refractivity contribution in [3.63, 3.8) is 0 Å². The number of ether oxygens (including phenoxy) is 3. The normalized spacial score (nSPS) is 23.6. The number of aliphatic carboxylic acids is 1. The summed E-state index contributed by atoms with van der Waals surface area (Å²) in [7, 11) is 6.35. The molecule has 15 amide bonds. The maximum absolute atomic E-state index is 15.9. The Kier molecular flexibility index (Phi) is 39.2. The van der Waals surface area contributed by atoms with Crippen molar-refractivity contribution in [3.05, 3.63) is 203 Å². The first kappa shape index (κ1) is 107. The molecular weight excluding hydrogens is 1830 g/mol. The number of aromatic amines is 1. The molecule has 0 radical (unpaired) electrons. The number of aliphatic hydroxyl groups is 1. The first-order valence-electron chi connectivity index (χ1n) is 45.5. The Labute approximate surface area is 804 Å². The molecule has 0 bridgehead atoms. The van der Waals surface area contributed by atoms with Gasteiger partial charge in [0.15, 0.2) is 17.5 Å². The van der Waals surface area contributed by atoms with Crippen molar-refractivity contribution >= 4 is 117 Å². The number of carbonyl (C=O) groups is 16. The van der Waals surface area contributed by atoms with E-state index in [2.05, 4.69) is 52.8 Å². The van der Waals surface area contributed by atoms with E-state index < -0.39 is 253 Å². The van der Waals surface area contributed by atoms with Gasteiger partial charge in [0.2, 0.25) is 88.6 Å². The van der Waals surface area contributed by atoms with E-state index in [-0.39, 0.29) is 82.4 Å². The van der Waals surface area contributed by atoms with Gasteiger partial charge in [-0.05, 0) is 94.6 Å². The van der Waals surface area contributed by atoms with E-state index in [1.807, 2.05) is 0 Å². The number of H-pyrrole nitrogens is 1. The summed E-state index contributed by atoms with van der Waals surface area (Å²) in [4.78, 5) is 248. The topological polar surface area (TPSA) is 528 Å². The van der Waals surface area contributed by atoms with Gasteiger partial charge in [-0.25, -0.2) is 13.2 Å². The lowest BCUT2D eigenvalue weighted by atomic mass is 9.98. The molecule has 3 aliphatic heterocycles. The minimum Gasteiger partial charge on any atom is -0.508 e. The number of nitrogens with two attached hydrogens (primary N) is 1. The van der Waals surface area contributed by atoms with Gasteiger partial charge in [-0.2, -0.15) is 0 Å². The Morgan fingerprint density at radius 2 is 1.09 bits per heavy atom. The number of likely N-dealkylation sites (N-methyl/N-ethyl adjacent to an activating group) is 3. The zero-order valence-electron chi connectivity index (χ0n) is 78.2. The van der Waals surface area contributed by atoms with Gasteiger partial charge in [0.1, 0.15) is 90.0 Å². The van der Waals surface area contributed by atoms with Crippen LogP contribution in [-0.4, -0.2) is 310 Å². The van der Waals surface area contributed by atoms with E-state index in [9.17, 15) is 43.7 Å². The Hall–Kier alpha value is -14.0. The number of para-hydroxylation sites is 1. The van der Waals surface area contributed by atoms with E-state index in [1.165, 1.54) is 66.4 Å². The summed E-state index contributed by atoms with van der Waals surface area (Å²) in [6.07, 6.45) is -3.76. The molecule has 7 aromatic rings. The van der Waals surface area contributed by atoms with Crippen molar-refractivity contribution in [2.24, 2.45) is 11.7 Å². The number of phenols is 1. The molecule has 6 aromatic carbocycles. The number of halogens is 3. The van der Waals surface area contributed by atoms with Crippen LogP contribution in [0.4, 0.5) is 13.2 Å². The minimum atomic E-state index is -2.05. The summed E-state index contributed by atoms with van der Waals surface area (Å²) >= 11 is 0.646. The second-order valence-corrected chi connectivity index (χ2v) is 35.8. The molecule has 0 saturated carbocycles. The van der Waals surface area contributed by atoms with Crippen LogP contribution >= 0.6 is 11.8 Å². The summed E-state index contributed by atoms with van der Waals surface area (Å²) in [6, 6.07) is 14.4. The standard InChI is InChI=1S/C97H119F3N16O22S/c1-9-10-25-75-96(134)116-50-62(118)46-77(116)91(129)108-71(47-82(121)122)89(127)111-84(54(2)3)97(135)113(5)76(43-55-19-13-11-14-20-55)90(128)109-73(41-57-26-30-61(117)31-27-57)94(132)115-35-37-138-51-79(115)92(130)107-70(45-60-48-102-67-24-18-17-23-64(60)67)88(126)106-69(40-58-28-32-63(137-8)33-29-58)87(125)105-68(34-36-136-7)86(124)110-74(85(123)103-49-80(101)119)52-139-53-81(120)104-72(42-59-38-65(98)83(100)66(99)39-59)93(131)114(6)78(95(133)112(75)4)44-56-21-15-12-16-22-56/h11-24,26-33,38-39,48,54,62,68-79,84,102,117-118H,9-10,25,34-37,40-47,49-53H2,1-8H3,(H2,101,119)(H,103,123)(H,104,120)(H,105,125)(H,106,126)(H,107,130)(H,108,129)(H,109,128)(H,110,124)(H,111,127)(H,121,122)/t62-,68+,69+,70+,71+,72+,73+,74+,75+,76+,77-,78+,79-,84+/m1/s1. The van der Waals surface area contributed by atoms with Crippen molar-refractivity contribution in [2.45, 2.75) is 182 Å². The first-order valence-corrected chi connectivity index (χ1v) is 46.6. The number of carboxylic acids is 1. The van der Waals surface area contributed by atoms with E-state index in [0.29, 0.717) is 74.8 Å². The predicted octanol–water partition coefficient (Wildman–Crippen LogP) is 1.31. The quantitative estimate of drug-likeness (QED) is 0.0359. The van der Waals surface area contributed by atoms with Crippen LogP contribution in [-0.2, 0) is 125 Å². The van der Waals surface area contributed by atoms with Crippen molar-refractivity contribution in [3.8, 4) is 11.5 Å². The zero-order chi connectivity index (χ0) is 101. The molecule has 1 aromatic heterocycles. The lowest BCUT2D eigenvalue weighted by molar-refractivity contribution is -0.152. The van der Waals surface area contributed by atoms with Crippen LogP contribution in [0.1, 0.15) is 92.7 Å². The number of benzene rings is 6. The van der Waals surface area contributed by atoms with Crippen molar-refractivity contribution in [1.82, 2.24) is 77.3 Å². The van der Waals surface area contributed by atoms with Gasteiger partial charge in [-0.15, -0.1) is 11.8 Å². The van der Waals surface area contributed by atoms with Crippen molar-refractivity contribution in [2.75, 3.05) is 86.3 Å². The van der Waals surface area contributed by atoms with E-state index in [4.69, 9.17) is 19.9 Å². The number of hydrogen-bond donors (Lipinski definition) is 14. The fourth-order valence-corrected chi connectivity index (χ4v) is 17.6. The number of nitrogens with zero attached hydrogens (tertiary/aromatic N) is 5. The molecule has 4 heterocycles. The lowest BCUT2D eigenvalue weighted by Gasteiger charge is -2.38. The van der Waals surface area contributed by atoms with Crippen LogP contribution in [0.2, 0.25) is 0 Å². The number of aliphatic hydroxyl groups excluding tert-OH is 1. The number of nitrogens with one attached hydrogen (secondary N) is 10. The highest BCUT2D eigenvalue weighted by Gasteiger charge is 2.48. The molecule has 746 valence electrons. The molecule has 0 spiro atoms. The number of rotatable bonds is 25. The first-order chi connectivity index (χ1) is 66.3. The Bertz CT molecular complexity index is 5510. The van der Waals surface area contributed by atoms with Gasteiger partial charge in [-0.3, -0.25) is 76.7 Å². The second kappa shape index (κ2) is 50.9. The van der Waals surface area contributed by atoms with E-state index in [0.717, 1.165) is 31.5 Å². The largest absolute Gasteiger partial charge is 0.508 e. The van der Waals surface area contributed by atoms with Crippen LogP contribution in [0, 0.1) is 23.4 Å². The van der Waals surface area contributed by atoms with Crippen LogP contribution < -0.4 is 58.3 Å². The smallest absolute Gasteiger partial charge is 0.305 e. The molecule has 0 aliphatic carbocycles. The summed E-state index contributed by atoms with van der Waals surface area (Å²) in [5, 5.41) is 56.5. The summed E-state index contributed by atoms with van der Waals surface area (Å²) < 4.78 is 61.9. The monoisotopic (exact) mass is 1950 g/mol. The number of carbonyl (C=O) groups excluding carboxylic acids is 15. The Morgan fingerprint density at radius 3 is 1.71 bits per heavy atom. The number of aromatic nitrogens is 1. The number of morpholine rings is 1. The van der Waals surface area contributed by atoms with Gasteiger partial charge in [0.05, 0.1) is 45.1 Å². The molecule has 3 fully saturated rings. The van der Waals surface area contributed by atoms with Crippen molar-refractivity contribution < 1.29 is 119 Å². The number of hydrogen-bond acceptors (Lipinski definition) is 22. The highest BCUT2D eigenvalue weighted by Crippen LogP contribution is 2.29. The molecule has 38 nitrogen and oxygen atoms in total. The molecule has 3 aliphatic rings. The summed E-state index contributed by atoms with van der Waals surface area (Å²) in [5.41, 5.74) is 7.83. The summed E-state index contributed by atoms with van der Waals surface area (Å²) in [6.45, 7) is 2.23. The number of aromatic hydroxyl groups is 1. The van der Waals surface area contributed by atoms with Gasteiger partial charge < -0.3 is 113 Å². The average Bonchev–Trinajstić information content (AvgIpc) is 1.23. The molecule has 14 atom stereocenters. The fourth-order valence-electron chi connectivity index (χ4n) is 16.7. The zero-order valence-corrected chi connectivity index (χ0v) is 79.0. The number of amides is 15. The molecule has 3 saturated heterocycles. The van der Waals surface area contributed by atoms with Crippen molar-refractivity contribution in [1.29, 1.82) is 0 Å². The number of unbranched alkanes of at least 4 members (excludes halogenated alkanes) is 1. The average molecular weight is 1950 g/mol. The number of carboxylic acid groups (broad SMARTS) is 1. The van der Waals surface area contributed by atoms with Gasteiger partial charge in [0, 0.05) is 116 Å². The SMILES string of the molecule is CCCC[C@H]1C(=O)N2C[C@H](O)C[C@@H]2C(=O)N[C@@H](CC(=O)O)C(=O)N[C@@H](C(C)C)C(=O)N(C)[C@@H](Cc2ccccc2)C(=O)N[C@@H](Cc2ccc(O)cc2)C(=O)N2CCOC[C@@H]2C(=O)N[C@@H](Cc2c[nH]c3ccccc23)C(=O)N[C@@H](Cc2ccc(OC)cc2)C(=O)N[C@@H](CCOC)C(=O)N[C@H](C(=O)NCC(N)=O)CSCC(=O)N[C@@H](Cc2cc(F)c(F)c(F)c2)C(=O)N(C)[C@@H](Cc2ccccc2)C(=O)N1C. The fraction of sp³-hybridized carbons (Fsp3) is 0.443. The molecule has 10 rings (SSSR count).